The predicted molar refractivity (Wildman–Crippen MR) is 88.0 cm³/mol. The molecule has 0 saturated heterocycles. The standard InChI is InChI=1S/C18H24N2O2/c1-14-6-7-18(15(2)9-14)22-13-17(21)12-20(3)11-16-5-4-8-19-10-16/h4-10,17,21H,11-13H2,1-3H3. The third-order valence-electron chi connectivity index (χ3n) is 3.46. The first-order valence-electron chi connectivity index (χ1n) is 7.50. The van der Waals surface area contributed by atoms with Crippen molar-refractivity contribution in [2.75, 3.05) is 20.2 Å². The lowest BCUT2D eigenvalue weighted by Crippen LogP contribution is -2.32. The summed E-state index contributed by atoms with van der Waals surface area (Å²) >= 11 is 0. The molecule has 0 aliphatic rings. The molecule has 0 aliphatic heterocycles. The average molecular weight is 300 g/mol. The van der Waals surface area contributed by atoms with E-state index in [0.717, 1.165) is 23.4 Å². The lowest BCUT2D eigenvalue weighted by molar-refractivity contribution is 0.0741. The number of aliphatic hydroxyl groups is 1. The molecule has 2 aromatic rings. The maximum Gasteiger partial charge on any atom is 0.122 e. The van der Waals surface area contributed by atoms with E-state index in [9.17, 15) is 5.11 Å². The summed E-state index contributed by atoms with van der Waals surface area (Å²) < 4.78 is 5.72. The number of rotatable bonds is 7. The number of hydrogen-bond acceptors (Lipinski definition) is 4. The van der Waals surface area contributed by atoms with Crippen LogP contribution in [0.4, 0.5) is 0 Å². The highest BCUT2D eigenvalue weighted by molar-refractivity contribution is 5.35. The van der Waals surface area contributed by atoms with Crippen LogP contribution in [0.5, 0.6) is 5.75 Å². The Morgan fingerprint density at radius 2 is 2.09 bits per heavy atom. The van der Waals surface area contributed by atoms with Crippen LogP contribution in [0.1, 0.15) is 16.7 Å². The molecular formula is C18H24N2O2. The van der Waals surface area contributed by atoms with Gasteiger partial charge in [-0.25, -0.2) is 0 Å². The number of hydrogen-bond donors (Lipinski definition) is 1. The average Bonchev–Trinajstić information content (AvgIpc) is 2.47. The van der Waals surface area contributed by atoms with Crippen LogP contribution in [-0.4, -0.2) is 41.3 Å². The molecular weight excluding hydrogens is 276 g/mol. The number of nitrogens with zero attached hydrogens (tertiary/aromatic N) is 2. The van der Waals surface area contributed by atoms with Crippen LogP contribution >= 0.6 is 0 Å². The van der Waals surface area contributed by atoms with Gasteiger partial charge >= 0.3 is 0 Å². The van der Waals surface area contributed by atoms with Crippen LogP contribution < -0.4 is 4.74 Å². The first kappa shape index (κ1) is 16.5. The minimum atomic E-state index is -0.526. The quantitative estimate of drug-likeness (QED) is 0.853. The highest BCUT2D eigenvalue weighted by atomic mass is 16.5. The first-order chi connectivity index (χ1) is 10.5. The van der Waals surface area contributed by atoms with Gasteiger partial charge in [0.05, 0.1) is 0 Å². The van der Waals surface area contributed by atoms with Gasteiger partial charge in [-0.3, -0.25) is 9.88 Å². The maximum atomic E-state index is 10.1. The molecule has 1 unspecified atom stereocenters. The summed E-state index contributed by atoms with van der Waals surface area (Å²) in [6, 6.07) is 10.0. The highest BCUT2D eigenvalue weighted by Gasteiger charge is 2.10. The van der Waals surface area contributed by atoms with Crippen molar-refractivity contribution in [1.29, 1.82) is 0 Å². The van der Waals surface area contributed by atoms with E-state index in [-0.39, 0.29) is 0 Å². The number of aryl methyl sites for hydroxylation is 2. The number of aromatic nitrogens is 1. The summed E-state index contributed by atoms with van der Waals surface area (Å²) in [4.78, 5) is 6.16. The monoisotopic (exact) mass is 300 g/mol. The molecule has 1 atom stereocenters. The summed E-state index contributed by atoms with van der Waals surface area (Å²) in [5, 5.41) is 10.1. The van der Waals surface area contributed by atoms with Crippen molar-refractivity contribution in [2.45, 2.75) is 26.5 Å². The van der Waals surface area contributed by atoms with E-state index in [1.807, 2.05) is 44.4 Å². The van der Waals surface area contributed by atoms with Crippen LogP contribution in [0.3, 0.4) is 0 Å². The van der Waals surface area contributed by atoms with Gasteiger partial charge in [-0.1, -0.05) is 23.8 Å². The maximum absolute atomic E-state index is 10.1. The lowest BCUT2D eigenvalue weighted by Gasteiger charge is -2.21. The van der Waals surface area contributed by atoms with Gasteiger partial charge in [-0.05, 0) is 44.2 Å². The van der Waals surface area contributed by atoms with Crippen molar-refractivity contribution >= 4 is 0 Å². The van der Waals surface area contributed by atoms with E-state index in [0.29, 0.717) is 13.2 Å². The predicted octanol–water partition coefficient (Wildman–Crippen LogP) is 2.57. The fraction of sp³-hybridized carbons (Fsp3) is 0.389. The molecule has 4 heteroatoms. The summed E-state index contributed by atoms with van der Waals surface area (Å²) in [6.45, 7) is 5.68. The zero-order valence-electron chi connectivity index (χ0n) is 13.5. The SMILES string of the molecule is Cc1ccc(OCC(O)CN(C)Cc2cccnc2)c(C)c1. The number of pyridine rings is 1. The minimum Gasteiger partial charge on any atom is -0.491 e. The Labute approximate surface area is 132 Å². The smallest absolute Gasteiger partial charge is 0.122 e. The molecule has 0 aliphatic carbocycles. The third-order valence-corrected chi connectivity index (χ3v) is 3.46. The first-order valence-corrected chi connectivity index (χ1v) is 7.50. The summed E-state index contributed by atoms with van der Waals surface area (Å²) in [7, 11) is 1.98. The van der Waals surface area contributed by atoms with E-state index in [1.165, 1.54) is 5.56 Å². The van der Waals surface area contributed by atoms with Crippen LogP contribution in [0.15, 0.2) is 42.7 Å². The van der Waals surface area contributed by atoms with E-state index >= 15 is 0 Å². The van der Waals surface area contributed by atoms with Crippen molar-refractivity contribution in [3.05, 3.63) is 59.4 Å². The van der Waals surface area contributed by atoms with E-state index in [4.69, 9.17) is 4.74 Å². The van der Waals surface area contributed by atoms with E-state index in [1.54, 1.807) is 6.20 Å². The summed E-state index contributed by atoms with van der Waals surface area (Å²) in [6.07, 6.45) is 3.08. The Balaban J connectivity index is 1.78. The van der Waals surface area contributed by atoms with Crippen molar-refractivity contribution in [3.8, 4) is 5.75 Å². The van der Waals surface area contributed by atoms with Gasteiger partial charge in [-0.15, -0.1) is 0 Å². The van der Waals surface area contributed by atoms with Gasteiger partial charge in [0, 0.05) is 25.5 Å². The fourth-order valence-corrected chi connectivity index (χ4v) is 2.43. The normalized spacial score (nSPS) is 12.4. The van der Waals surface area contributed by atoms with Crippen LogP contribution in [-0.2, 0) is 6.54 Å². The van der Waals surface area contributed by atoms with Crippen molar-refractivity contribution < 1.29 is 9.84 Å². The topological polar surface area (TPSA) is 45.6 Å². The van der Waals surface area contributed by atoms with Gasteiger partial charge in [-0.2, -0.15) is 0 Å². The van der Waals surface area contributed by atoms with Crippen LogP contribution in [0.2, 0.25) is 0 Å². The Morgan fingerprint density at radius 1 is 1.27 bits per heavy atom. The highest BCUT2D eigenvalue weighted by Crippen LogP contribution is 2.18. The van der Waals surface area contributed by atoms with E-state index in [2.05, 4.69) is 22.9 Å². The Kier molecular flexibility index (Phi) is 5.92. The molecule has 0 fully saturated rings. The molecule has 2 rings (SSSR count). The van der Waals surface area contributed by atoms with Crippen LogP contribution in [0, 0.1) is 13.8 Å². The molecule has 1 aromatic heterocycles. The number of likely N-dealkylation sites (N-methyl/N-ethyl adjacent to an activating group) is 1. The molecule has 0 radical (unpaired) electrons. The Hall–Kier alpha value is -1.91. The molecule has 118 valence electrons. The number of ether oxygens (including phenoxy) is 1. The van der Waals surface area contributed by atoms with Gasteiger partial charge in [0.2, 0.25) is 0 Å². The molecule has 4 nitrogen and oxygen atoms in total. The number of aliphatic hydroxyl groups excluding tert-OH is 1. The Bertz CT molecular complexity index is 587. The lowest BCUT2D eigenvalue weighted by atomic mass is 10.1. The summed E-state index contributed by atoms with van der Waals surface area (Å²) in [5.41, 5.74) is 3.44. The molecule has 1 heterocycles. The van der Waals surface area contributed by atoms with Gasteiger partial charge in [0.25, 0.3) is 0 Å². The van der Waals surface area contributed by atoms with Gasteiger partial charge in [0.15, 0.2) is 0 Å². The molecule has 1 aromatic carbocycles. The largest absolute Gasteiger partial charge is 0.491 e. The van der Waals surface area contributed by atoms with Crippen molar-refractivity contribution in [2.24, 2.45) is 0 Å². The van der Waals surface area contributed by atoms with Gasteiger partial charge in [0.1, 0.15) is 18.5 Å². The molecule has 0 saturated carbocycles. The van der Waals surface area contributed by atoms with Crippen molar-refractivity contribution in [3.63, 3.8) is 0 Å². The van der Waals surface area contributed by atoms with Gasteiger partial charge < -0.3 is 9.84 Å². The zero-order valence-corrected chi connectivity index (χ0v) is 13.5. The minimum absolute atomic E-state index is 0.293. The molecule has 0 spiro atoms. The fourth-order valence-electron chi connectivity index (χ4n) is 2.43. The molecule has 0 bridgehead atoms. The Morgan fingerprint density at radius 3 is 2.77 bits per heavy atom. The molecule has 22 heavy (non-hydrogen) atoms. The second-order valence-electron chi connectivity index (χ2n) is 5.79. The molecule has 1 N–H and O–H groups in total. The third kappa shape index (κ3) is 5.13. The zero-order chi connectivity index (χ0) is 15.9. The van der Waals surface area contributed by atoms with Crippen LogP contribution in [0.25, 0.3) is 0 Å². The van der Waals surface area contributed by atoms with E-state index < -0.39 is 6.10 Å². The number of benzene rings is 1. The summed E-state index contributed by atoms with van der Waals surface area (Å²) in [5.74, 6) is 0.833. The second-order valence-corrected chi connectivity index (χ2v) is 5.79. The molecule has 0 amide bonds. The second kappa shape index (κ2) is 7.92. The van der Waals surface area contributed by atoms with Crippen molar-refractivity contribution in [1.82, 2.24) is 9.88 Å².